The first-order valence-electron chi connectivity index (χ1n) is 7.50. The third-order valence-corrected chi connectivity index (χ3v) is 3.79. The van der Waals surface area contributed by atoms with Crippen LogP contribution in [0, 0.1) is 0 Å². The van der Waals surface area contributed by atoms with Crippen molar-refractivity contribution in [2.75, 3.05) is 0 Å². The zero-order valence-corrected chi connectivity index (χ0v) is 12.5. The lowest BCUT2D eigenvalue weighted by molar-refractivity contribution is 0.0938. The van der Waals surface area contributed by atoms with Crippen molar-refractivity contribution in [1.29, 1.82) is 0 Å². The Hall–Kier alpha value is -2.62. The molecule has 0 bridgehead atoms. The average Bonchev–Trinajstić information content (AvgIpc) is 3.01. The Morgan fingerprint density at radius 1 is 1.23 bits per heavy atom. The van der Waals surface area contributed by atoms with Crippen LogP contribution in [-0.2, 0) is 6.42 Å². The minimum absolute atomic E-state index is 0.0444. The number of carbonyl (C=O) groups excluding carboxylic acids is 1. The van der Waals surface area contributed by atoms with E-state index in [0.29, 0.717) is 5.56 Å². The number of nitrogens with zero attached hydrogens (tertiary/aromatic N) is 1. The molecule has 3 rings (SSSR count). The van der Waals surface area contributed by atoms with Gasteiger partial charge in [-0.25, -0.2) is 0 Å². The molecule has 22 heavy (non-hydrogen) atoms. The van der Waals surface area contributed by atoms with Gasteiger partial charge in [-0.2, -0.15) is 5.10 Å². The monoisotopic (exact) mass is 293 g/mol. The minimum Gasteiger partial charge on any atom is -0.350 e. The predicted molar refractivity (Wildman–Crippen MR) is 87.8 cm³/mol. The van der Waals surface area contributed by atoms with Gasteiger partial charge in [0, 0.05) is 17.0 Å². The molecule has 2 aromatic carbocycles. The fourth-order valence-electron chi connectivity index (χ4n) is 2.49. The topological polar surface area (TPSA) is 57.8 Å². The van der Waals surface area contributed by atoms with Gasteiger partial charge in [0.25, 0.3) is 5.91 Å². The number of carbonyl (C=O) groups is 1. The fraction of sp³-hybridized carbons (Fsp3) is 0.222. The maximum absolute atomic E-state index is 12.3. The Kier molecular flexibility index (Phi) is 4.19. The Balaban J connectivity index is 1.58. The lowest BCUT2D eigenvalue weighted by atomic mass is 10.1. The first-order valence-corrected chi connectivity index (χ1v) is 7.50. The molecule has 0 saturated carbocycles. The van der Waals surface area contributed by atoms with Crippen LogP contribution in [0.4, 0.5) is 0 Å². The first kappa shape index (κ1) is 14.3. The quantitative estimate of drug-likeness (QED) is 0.758. The molecule has 4 heteroatoms. The standard InChI is InChI=1S/C18H19N3O/c1-13(7-8-14-5-3-2-4-6-14)20-18(22)15-9-10-16-12-19-21-17(16)11-15/h2-6,9-13H,7-8H2,1H3,(H,19,21)(H,20,22)/t13-/m1/s1. The number of hydrogen-bond acceptors (Lipinski definition) is 2. The molecule has 1 amide bonds. The average molecular weight is 293 g/mol. The molecule has 0 saturated heterocycles. The van der Waals surface area contributed by atoms with Gasteiger partial charge in [-0.15, -0.1) is 0 Å². The molecule has 0 radical (unpaired) electrons. The van der Waals surface area contributed by atoms with Gasteiger partial charge in [0.1, 0.15) is 0 Å². The Bertz CT molecular complexity index is 764. The number of aromatic amines is 1. The summed E-state index contributed by atoms with van der Waals surface area (Å²) >= 11 is 0. The third kappa shape index (κ3) is 3.34. The van der Waals surface area contributed by atoms with Gasteiger partial charge in [0.2, 0.25) is 0 Å². The van der Waals surface area contributed by atoms with Crippen LogP contribution in [-0.4, -0.2) is 22.1 Å². The minimum atomic E-state index is -0.0444. The normalized spacial score (nSPS) is 12.2. The molecule has 2 N–H and O–H groups in total. The number of rotatable bonds is 5. The van der Waals surface area contributed by atoms with Crippen LogP contribution in [0.2, 0.25) is 0 Å². The SMILES string of the molecule is C[C@H](CCc1ccccc1)NC(=O)c1ccc2cn[nH]c2c1. The third-order valence-electron chi connectivity index (χ3n) is 3.79. The van der Waals surface area contributed by atoms with Crippen molar-refractivity contribution in [2.45, 2.75) is 25.8 Å². The largest absolute Gasteiger partial charge is 0.350 e. The van der Waals surface area contributed by atoms with Crippen molar-refractivity contribution in [2.24, 2.45) is 0 Å². The molecule has 1 heterocycles. The summed E-state index contributed by atoms with van der Waals surface area (Å²) in [6.07, 6.45) is 3.63. The van der Waals surface area contributed by atoms with E-state index in [1.807, 2.05) is 43.3 Å². The van der Waals surface area contributed by atoms with Crippen LogP contribution < -0.4 is 5.32 Å². The van der Waals surface area contributed by atoms with Crippen molar-refractivity contribution in [3.8, 4) is 0 Å². The van der Waals surface area contributed by atoms with Gasteiger partial charge in [-0.1, -0.05) is 36.4 Å². The Morgan fingerprint density at radius 3 is 2.86 bits per heavy atom. The summed E-state index contributed by atoms with van der Waals surface area (Å²) in [6.45, 7) is 2.04. The molecule has 0 aliphatic rings. The van der Waals surface area contributed by atoms with Crippen molar-refractivity contribution in [3.63, 3.8) is 0 Å². The number of amides is 1. The van der Waals surface area contributed by atoms with E-state index in [2.05, 4.69) is 27.6 Å². The van der Waals surface area contributed by atoms with E-state index in [-0.39, 0.29) is 11.9 Å². The van der Waals surface area contributed by atoms with Crippen LogP contribution in [0.3, 0.4) is 0 Å². The number of hydrogen-bond donors (Lipinski definition) is 2. The molecule has 112 valence electrons. The van der Waals surface area contributed by atoms with E-state index >= 15 is 0 Å². The molecule has 0 aliphatic carbocycles. The van der Waals surface area contributed by atoms with Crippen LogP contribution in [0.25, 0.3) is 10.9 Å². The van der Waals surface area contributed by atoms with Crippen LogP contribution in [0.1, 0.15) is 29.3 Å². The second-order valence-corrected chi connectivity index (χ2v) is 5.57. The van der Waals surface area contributed by atoms with Crippen molar-refractivity contribution < 1.29 is 4.79 Å². The van der Waals surface area contributed by atoms with Crippen molar-refractivity contribution >= 4 is 16.8 Å². The lowest BCUT2D eigenvalue weighted by Gasteiger charge is -2.14. The molecule has 0 aliphatic heterocycles. The molecule has 0 fully saturated rings. The summed E-state index contributed by atoms with van der Waals surface area (Å²) in [5.74, 6) is -0.0444. The van der Waals surface area contributed by atoms with E-state index in [9.17, 15) is 4.79 Å². The van der Waals surface area contributed by atoms with Crippen LogP contribution in [0.15, 0.2) is 54.7 Å². The van der Waals surface area contributed by atoms with Gasteiger partial charge in [-0.05, 0) is 37.5 Å². The zero-order chi connectivity index (χ0) is 15.4. The van der Waals surface area contributed by atoms with Crippen molar-refractivity contribution in [3.05, 3.63) is 65.9 Å². The summed E-state index contributed by atoms with van der Waals surface area (Å²) in [6, 6.07) is 16.0. The highest BCUT2D eigenvalue weighted by atomic mass is 16.1. The van der Waals surface area contributed by atoms with Gasteiger partial charge in [0.15, 0.2) is 0 Å². The van der Waals surface area contributed by atoms with Gasteiger partial charge in [0.05, 0.1) is 11.7 Å². The number of fused-ring (bicyclic) bond motifs is 1. The van der Waals surface area contributed by atoms with E-state index in [1.165, 1.54) is 5.56 Å². The highest BCUT2D eigenvalue weighted by Gasteiger charge is 2.10. The molecule has 4 nitrogen and oxygen atoms in total. The number of aryl methyl sites for hydroxylation is 1. The molecule has 1 atom stereocenters. The summed E-state index contributed by atoms with van der Waals surface area (Å²) in [7, 11) is 0. The molecule has 3 aromatic rings. The fourth-order valence-corrected chi connectivity index (χ4v) is 2.49. The van der Waals surface area contributed by atoms with Gasteiger partial charge in [-0.3, -0.25) is 9.89 Å². The molecular weight excluding hydrogens is 274 g/mol. The maximum atomic E-state index is 12.3. The maximum Gasteiger partial charge on any atom is 0.251 e. The van der Waals surface area contributed by atoms with E-state index in [1.54, 1.807) is 6.20 Å². The number of aromatic nitrogens is 2. The smallest absolute Gasteiger partial charge is 0.251 e. The summed E-state index contributed by atoms with van der Waals surface area (Å²) in [5, 5.41) is 10.9. The number of nitrogens with one attached hydrogen (secondary N) is 2. The first-order chi connectivity index (χ1) is 10.7. The second kappa shape index (κ2) is 6.43. The zero-order valence-electron chi connectivity index (χ0n) is 12.5. The Morgan fingerprint density at radius 2 is 2.05 bits per heavy atom. The van der Waals surface area contributed by atoms with E-state index in [0.717, 1.165) is 23.7 Å². The Labute approximate surface area is 129 Å². The highest BCUT2D eigenvalue weighted by molar-refractivity contribution is 5.97. The lowest BCUT2D eigenvalue weighted by Crippen LogP contribution is -2.32. The molecule has 0 unspecified atom stereocenters. The number of H-pyrrole nitrogens is 1. The van der Waals surface area contributed by atoms with Crippen molar-refractivity contribution in [1.82, 2.24) is 15.5 Å². The van der Waals surface area contributed by atoms with Gasteiger partial charge >= 0.3 is 0 Å². The molecular formula is C18H19N3O. The van der Waals surface area contributed by atoms with E-state index in [4.69, 9.17) is 0 Å². The summed E-state index contributed by atoms with van der Waals surface area (Å²) < 4.78 is 0. The van der Waals surface area contributed by atoms with Crippen LogP contribution >= 0.6 is 0 Å². The molecule has 0 spiro atoms. The molecule has 1 aromatic heterocycles. The second-order valence-electron chi connectivity index (χ2n) is 5.57. The predicted octanol–water partition coefficient (Wildman–Crippen LogP) is 3.31. The van der Waals surface area contributed by atoms with E-state index < -0.39 is 0 Å². The number of benzene rings is 2. The summed E-state index contributed by atoms with van der Waals surface area (Å²) in [5.41, 5.74) is 2.83. The summed E-state index contributed by atoms with van der Waals surface area (Å²) in [4.78, 5) is 12.3. The van der Waals surface area contributed by atoms with Crippen LogP contribution in [0.5, 0.6) is 0 Å². The highest BCUT2D eigenvalue weighted by Crippen LogP contribution is 2.13. The van der Waals surface area contributed by atoms with Gasteiger partial charge < -0.3 is 5.32 Å².